The van der Waals surface area contributed by atoms with Gasteiger partial charge in [0.25, 0.3) is 0 Å². The Bertz CT molecular complexity index is 362. The van der Waals surface area contributed by atoms with Crippen molar-refractivity contribution in [1.29, 1.82) is 0 Å². The molecule has 1 aromatic rings. The van der Waals surface area contributed by atoms with Crippen LogP contribution in [0.1, 0.15) is 39.3 Å². The zero-order chi connectivity index (χ0) is 13.9. The summed E-state index contributed by atoms with van der Waals surface area (Å²) in [4.78, 5) is 0. The van der Waals surface area contributed by atoms with Crippen LogP contribution in [0.25, 0.3) is 0 Å². The van der Waals surface area contributed by atoms with E-state index in [2.05, 4.69) is 55.0 Å². The Morgan fingerprint density at radius 2 is 1.67 bits per heavy atom. The van der Waals surface area contributed by atoms with Crippen LogP contribution < -0.4 is 5.32 Å². The molecule has 0 aliphatic rings. The maximum atomic E-state index is 6.39. The van der Waals surface area contributed by atoms with Crippen molar-refractivity contribution in [1.82, 2.24) is 5.32 Å². The zero-order valence-electron chi connectivity index (χ0n) is 11.8. The van der Waals surface area contributed by atoms with Crippen molar-refractivity contribution in [2.24, 2.45) is 17.8 Å². The first-order valence-corrected chi connectivity index (χ1v) is 7.68. The molecular weight excluding hydrogens is 310 g/mol. The first-order chi connectivity index (χ1) is 8.40. The van der Waals surface area contributed by atoms with Gasteiger partial charge in [-0.2, -0.15) is 0 Å². The van der Waals surface area contributed by atoms with E-state index < -0.39 is 0 Å². The van der Waals surface area contributed by atoms with Crippen LogP contribution >= 0.6 is 27.5 Å². The van der Waals surface area contributed by atoms with Gasteiger partial charge in [-0.3, -0.25) is 0 Å². The third-order valence-electron chi connectivity index (χ3n) is 3.55. The topological polar surface area (TPSA) is 12.0 Å². The van der Waals surface area contributed by atoms with Gasteiger partial charge in [-0.1, -0.05) is 61.3 Å². The lowest BCUT2D eigenvalue weighted by Crippen LogP contribution is -2.32. The minimum absolute atomic E-state index is 0.271. The average molecular weight is 333 g/mol. The number of halogens is 2. The Morgan fingerprint density at radius 1 is 1.11 bits per heavy atom. The van der Waals surface area contributed by atoms with Gasteiger partial charge in [0, 0.05) is 21.1 Å². The molecular formula is C15H23BrClN. The van der Waals surface area contributed by atoms with Crippen LogP contribution in [0.5, 0.6) is 0 Å². The summed E-state index contributed by atoms with van der Waals surface area (Å²) in [6, 6.07) is 6.27. The summed E-state index contributed by atoms with van der Waals surface area (Å²) in [7, 11) is 2.01. The number of hydrogen-bond donors (Lipinski definition) is 1. The number of rotatable bonds is 5. The third-order valence-corrected chi connectivity index (χ3v) is 4.57. The summed E-state index contributed by atoms with van der Waals surface area (Å²) >= 11 is 10.0. The minimum atomic E-state index is 0.271. The summed E-state index contributed by atoms with van der Waals surface area (Å²) < 4.78 is 1.08. The average Bonchev–Trinajstić information content (AvgIpc) is 2.25. The highest BCUT2D eigenvalue weighted by Gasteiger charge is 2.30. The molecule has 1 aromatic carbocycles. The van der Waals surface area contributed by atoms with Crippen molar-refractivity contribution in [3.05, 3.63) is 33.3 Å². The maximum absolute atomic E-state index is 6.39. The fourth-order valence-corrected chi connectivity index (χ4v) is 3.90. The second-order valence-electron chi connectivity index (χ2n) is 5.47. The molecule has 1 rings (SSSR count). The Kier molecular flexibility index (Phi) is 6.16. The predicted molar refractivity (Wildman–Crippen MR) is 84.1 cm³/mol. The molecule has 0 heterocycles. The largest absolute Gasteiger partial charge is 0.313 e. The lowest BCUT2D eigenvalue weighted by Gasteiger charge is -2.34. The molecule has 0 radical (unpaired) electrons. The summed E-state index contributed by atoms with van der Waals surface area (Å²) in [6.45, 7) is 9.11. The second kappa shape index (κ2) is 6.93. The summed E-state index contributed by atoms with van der Waals surface area (Å²) in [5.74, 6) is 1.75. The molecule has 3 heteroatoms. The SMILES string of the molecule is CNC(c1c(Cl)cccc1Br)C(C(C)C)C(C)C. The van der Waals surface area contributed by atoms with E-state index in [-0.39, 0.29) is 6.04 Å². The van der Waals surface area contributed by atoms with E-state index in [9.17, 15) is 0 Å². The van der Waals surface area contributed by atoms with Crippen LogP contribution in [0, 0.1) is 17.8 Å². The normalized spacial score (nSPS) is 13.7. The molecule has 0 amide bonds. The first kappa shape index (κ1) is 16.0. The van der Waals surface area contributed by atoms with Crippen LogP contribution in [-0.2, 0) is 0 Å². The second-order valence-corrected chi connectivity index (χ2v) is 6.73. The molecule has 1 N–H and O–H groups in total. The van der Waals surface area contributed by atoms with Crippen molar-refractivity contribution < 1.29 is 0 Å². The Hall–Kier alpha value is -0.0500. The Balaban J connectivity index is 3.23. The van der Waals surface area contributed by atoms with Gasteiger partial charge in [0.2, 0.25) is 0 Å². The van der Waals surface area contributed by atoms with E-state index in [1.165, 1.54) is 5.56 Å². The molecule has 1 atom stereocenters. The molecule has 0 aromatic heterocycles. The molecule has 0 aliphatic carbocycles. The number of benzene rings is 1. The van der Waals surface area contributed by atoms with Gasteiger partial charge in [0.05, 0.1) is 0 Å². The smallest absolute Gasteiger partial charge is 0.0465 e. The first-order valence-electron chi connectivity index (χ1n) is 6.51. The molecule has 18 heavy (non-hydrogen) atoms. The quantitative estimate of drug-likeness (QED) is 0.772. The summed E-state index contributed by atoms with van der Waals surface area (Å²) in [5.41, 5.74) is 1.18. The fraction of sp³-hybridized carbons (Fsp3) is 0.600. The highest BCUT2D eigenvalue weighted by Crippen LogP contribution is 2.39. The standard InChI is InChI=1S/C15H23BrClN/c1-9(2)13(10(3)4)15(18-5)14-11(16)7-6-8-12(14)17/h6-10,13,15,18H,1-5H3. The third kappa shape index (κ3) is 3.49. The number of hydrogen-bond acceptors (Lipinski definition) is 1. The molecule has 0 fully saturated rings. The molecule has 1 unspecified atom stereocenters. The molecule has 0 spiro atoms. The van der Waals surface area contributed by atoms with Gasteiger partial charge < -0.3 is 5.32 Å². The van der Waals surface area contributed by atoms with Crippen molar-refractivity contribution in [2.75, 3.05) is 7.05 Å². The van der Waals surface area contributed by atoms with Crippen molar-refractivity contribution in [2.45, 2.75) is 33.7 Å². The lowest BCUT2D eigenvalue weighted by atomic mass is 9.77. The van der Waals surface area contributed by atoms with E-state index in [0.29, 0.717) is 17.8 Å². The van der Waals surface area contributed by atoms with Crippen LogP contribution in [0.15, 0.2) is 22.7 Å². The van der Waals surface area contributed by atoms with Crippen LogP contribution in [0.3, 0.4) is 0 Å². The van der Waals surface area contributed by atoms with Crippen molar-refractivity contribution in [3.63, 3.8) is 0 Å². The lowest BCUT2D eigenvalue weighted by molar-refractivity contribution is 0.217. The van der Waals surface area contributed by atoms with E-state index in [1.807, 2.05) is 19.2 Å². The predicted octanol–water partition coefficient (Wildman–Crippen LogP) is 5.29. The minimum Gasteiger partial charge on any atom is -0.313 e. The maximum Gasteiger partial charge on any atom is 0.0465 e. The summed E-state index contributed by atoms with van der Waals surface area (Å²) in [5, 5.41) is 4.28. The van der Waals surface area contributed by atoms with E-state index in [4.69, 9.17) is 11.6 Å². The molecule has 102 valence electrons. The van der Waals surface area contributed by atoms with Crippen molar-refractivity contribution >= 4 is 27.5 Å². The number of nitrogens with one attached hydrogen (secondary N) is 1. The molecule has 0 saturated heterocycles. The Morgan fingerprint density at radius 3 is 2.06 bits per heavy atom. The van der Waals surface area contributed by atoms with E-state index in [0.717, 1.165) is 9.50 Å². The molecule has 0 saturated carbocycles. The van der Waals surface area contributed by atoms with Gasteiger partial charge in [-0.25, -0.2) is 0 Å². The Labute approximate surface area is 124 Å². The van der Waals surface area contributed by atoms with Crippen LogP contribution in [-0.4, -0.2) is 7.05 Å². The zero-order valence-corrected chi connectivity index (χ0v) is 14.1. The highest BCUT2D eigenvalue weighted by atomic mass is 79.9. The van der Waals surface area contributed by atoms with Crippen LogP contribution in [0.4, 0.5) is 0 Å². The molecule has 1 nitrogen and oxygen atoms in total. The van der Waals surface area contributed by atoms with E-state index >= 15 is 0 Å². The fourth-order valence-electron chi connectivity index (χ4n) is 2.88. The van der Waals surface area contributed by atoms with Crippen LogP contribution in [0.2, 0.25) is 5.02 Å². The summed E-state index contributed by atoms with van der Waals surface area (Å²) in [6.07, 6.45) is 0. The van der Waals surface area contributed by atoms with Gasteiger partial charge in [-0.15, -0.1) is 0 Å². The molecule has 0 bridgehead atoms. The highest BCUT2D eigenvalue weighted by molar-refractivity contribution is 9.10. The van der Waals surface area contributed by atoms with Gasteiger partial charge >= 0.3 is 0 Å². The monoisotopic (exact) mass is 331 g/mol. The van der Waals surface area contributed by atoms with Crippen molar-refractivity contribution in [3.8, 4) is 0 Å². The van der Waals surface area contributed by atoms with Gasteiger partial charge in [-0.05, 0) is 36.9 Å². The van der Waals surface area contributed by atoms with Gasteiger partial charge in [0.15, 0.2) is 0 Å². The van der Waals surface area contributed by atoms with E-state index in [1.54, 1.807) is 0 Å². The van der Waals surface area contributed by atoms with Gasteiger partial charge in [0.1, 0.15) is 0 Å². The molecule has 0 aliphatic heterocycles.